The number of aryl methyl sites for hydroxylation is 2. The van der Waals surface area contributed by atoms with E-state index in [9.17, 15) is 0 Å². The van der Waals surface area contributed by atoms with E-state index in [1.165, 1.54) is 63.4 Å². The maximum absolute atomic E-state index is 4.29. The Balaban J connectivity index is 1.88. The molecule has 3 heteroatoms. The lowest BCUT2D eigenvalue weighted by Gasteiger charge is -2.30. The van der Waals surface area contributed by atoms with E-state index in [1.54, 1.807) is 0 Å². The van der Waals surface area contributed by atoms with Gasteiger partial charge in [-0.3, -0.25) is 4.68 Å². The molecular weight excluding hydrogens is 258 g/mol. The van der Waals surface area contributed by atoms with Gasteiger partial charge in [-0.05, 0) is 50.1 Å². The van der Waals surface area contributed by atoms with Crippen LogP contribution in [0, 0.1) is 5.92 Å². The molecule has 0 spiro atoms. The van der Waals surface area contributed by atoms with Gasteiger partial charge in [-0.15, -0.1) is 0 Å². The fourth-order valence-corrected chi connectivity index (χ4v) is 3.65. The van der Waals surface area contributed by atoms with Crippen LogP contribution < -0.4 is 5.32 Å². The lowest BCUT2D eigenvalue weighted by atomic mass is 9.83. The molecule has 2 rings (SSSR count). The Hall–Kier alpha value is -0.830. The predicted molar refractivity (Wildman–Crippen MR) is 89.4 cm³/mol. The third-order valence-electron chi connectivity index (χ3n) is 4.88. The van der Waals surface area contributed by atoms with Crippen LogP contribution in [0.4, 0.5) is 0 Å². The van der Waals surface area contributed by atoms with Crippen LogP contribution in [0.3, 0.4) is 0 Å². The Bertz CT molecular complexity index is 378. The maximum atomic E-state index is 4.29. The number of nitrogens with zero attached hydrogens (tertiary/aromatic N) is 2. The van der Waals surface area contributed by atoms with Gasteiger partial charge in [0.2, 0.25) is 0 Å². The van der Waals surface area contributed by atoms with Gasteiger partial charge in [-0.2, -0.15) is 5.10 Å². The molecule has 1 saturated carbocycles. The zero-order valence-corrected chi connectivity index (χ0v) is 14.0. The normalized spacial score (nSPS) is 19.1. The first kappa shape index (κ1) is 16.5. The van der Waals surface area contributed by atoms with Crippen molar-refractivity contribution in [3.8, 4) is 0 Å². The van der Waals surface area contributed by atoms with Gasteiger partial charge in [-0.1, -0.05) is 39.0 Å². The summed E-state index contributed by atoms with van der Waals surface area (Å²) in [4.78, 5) is 0. The zero-order chi connectivity index (χ0) is 14.9. The van der Waals surface area contributed by atoms with Gasteiger partial charge in [0.1, 0.15) is 0 Å². The highest BCUT2D eigenvalue weighted by Crippen LogP contribution is 2.27. The highest BCUT2D eigenvalue weighted by atomic mass is 15.2. The van der Waals surface area contributed by atoms with Crippen LogP contribution in [0.25, 0.3) is 0 Å². The molecule has 120 valence electrons. The van der Waals surface area contributed by atoms with Crippen molar-refractivity contribution >= 4 is 0 Å². The van der Waals surface area contributed by atoms with Crippen LogP contribution in [0.15, 0.2) is 12.4 Å². The molecule has 1 aliphatic carbocycles. The average molecular weight is 291 g/mol. The van der Waals surface area contributed by atoms with E-state index in [1.807, 2.05) is 17.9 Å². The molecular formula is C18H33N3. The van der Waals surface area contributed by atoms with Crippen LogP contribution in [-0.4, -0.2) is 22.4 Å². The van der Waals surface area contributed by atoms with Gasteiger partial charge in [0.25, 0.3) is 0 Å². The number of aromatic nitrogens is 2. The molecule has 1 unspecified atom stereocenters. The van der Waals surface area contributed by atoms with E-state index in [2.05, 4.69) is 23.5 Å². The van der Waals surface area contributed by atoms with E-state index in [0.717, 1.165) is 18.9 Å². The van der Waals surface area contributed by atoms with Gasteiger partial charge < -0.3 is 5.32 Å². The lowest BCUT2D eigenvalue weighted by Crippen LogP contribution is -2.37. The van der Waals surface area contributed by atoms with Gasteiger partial charge >= 0.3 is 0 Å². The molecule has 1 aromatic rings. The SMILES string of the molecule is CCCNC(CCc1cnn(C)c1)C1CCCCCCC1. The molecule has 3 nitrogen and oxygen atoms in total. The minimum atomic E-state index is 0.697. The van der Waals surface area contributed by atoms with Gasteiger partial charge in [0, 0.05) is 19.3 Å². The molecule has 21 heavy (non-hydrogen) atoms. The van der Waals surface area contributed by atoms with E-state index in [-0.39, 0.29) is 0 Å². The summed E-state index contributed by atoms with van der Waals surface area (Å²) in [6.45, 7) is 3.43. The minimum Gasteiger partial charge on any atom is -0.314 e. The highest BCUT2D eigenvalue weighted by Gasteiger charge is 2.21. The Kier molecular flexibility index (Phi) is 7.28. The van der Waals surface area contributed by atoms with Crippen LogP contribution in [0.2, 0.25) is 0 Å². The van der Waals surface area contributed by atoms with Crippen molar-refractivity contribution in [3.05, 3.63) is 18.0 Å². The standard InChI is InChI=1S/C18H33N3/c1-3-13-19-18(12-11-16-14-20-21(2)15-16)17-9-7-5-4-6-8-10-17/h14-15,17-19H,3-13H2,1-2H3. The Morgan fingerprint density at radius 2 is 1.95 bits per heavy atom. The van der Waals surface area contributed by atoms with Gasteiger partial charge in [-0.25, -0.2) is 0 Å². The van der Waals surface area contributed by atoms with E-state index in [0.29, 0.717) is 6.04 Å². The first-order valence-electron chi connectivity index (χ1n) is 9.00. The molecule has 1 N–H and O–H groups in total. The number of nitrogens with one attached hydrogen (secondary N) is 1. The Labute approximate surface area is 130 Å². The van der Waals surface area contributed by atoms with E-state index < -0.39 is 0 Å². The van der Waals surface area contributed by atoms with E-state index >= 15 is 0 Å². The maximum Gasteiger partial charge on any atom is 0.0521 e. The molecule has 0 radical (unpaired) electrons. The molecule has 0 bridgehead atoms. The monoisotopic (exact) mass is 291 g/mol. The summed E-state index contributed by atoms with van der Waals surface area (Å²) in [6, 6.07) is 0.697. The molecule has 0 aromatic carbocycles. The molecule has 0 saturated heterocycles. The minimum absolute atomic E-state index is 0.697. The second-order valence-corrected chi connectivity index (χ2v) is 6.73. The summed E-state index contributed by atoms with van der Waals surface area (Å²) >= 11 is 0. The van der Waals surface area contributed by atoms with Crippen molar-refractivity contribution in [1.29, 1.82) is 0 Å². The first-order chi connectivity index (χ1) is 10.3. The average Bonchev–Trinajstić information content (AvgIpc) is 2.85. The Morgan fingerprint density at radius 3 is 2.57 bits per heavy atom. The second kappa shape index (κ2) is 9.24. The summed E-state index contributed by atoms with van der Waals surface area (Å²) < 4.78 is 1.92. The van der Waals surface area contributed by atoms with Gasteiger partial charge in [0.15, 0.2) is 0 Å². The molecule has 1 fully saturated rings. The quantitative estimate of drug-likeness (QED) is 0.820. The zero-order valence-electron chi connectivity index (χ0n) is 14.0. The fraction of sp³-hybridized carbons (Fsp3) is 0.833. The number of rotatable bonds is 7. The van der Waals surface area contributed by atoms with Crippen molar-refractivity contribution in [3.63, 3.8) is 0 Å². The topological polar surface area (TPSA) is 29.9 Å². The summed E-state index contributed by atoms with van der Waals surface area (Å²) in [6.07, 6.45) is 17.9. The largest absolute Gasteiger partial charge is 0.314 e. The summed E-state index contributed by atoms with van der Waals surface area (Å²) in [7, 11) is 2.01. The third kappa shape index (κ3) is 5.82. The summed E-state index contributed by atoms with van der Waals surface area (Å²) in [5.41, 5.74) is 1.38. The van der Waals surface area contributed by atoms with Crippen molar-refractivity contribution in [2.24, 2.45) is 13.0 Å². The third-order valence-corrected chi connectivity index (χ3v) is 4.88. The summed E-state index contributed by atoms with van der Waals surface area (Å²) in [5.74, 6) is 0.883. The Morgan fingerprint density at radius 1 is 1.24 bits per heavy atom. The molecule has 1 heterocycles. The van der Waals surface area contributed by atoms with Crippen LogP contribution in [-0.2, 0) is 13.5 Å². The fourth-order valence-electron chi connectivity index (χ4n) is 3.65. The summed E-state index contributed by atoms with van der Waals surface area (Å²) in [5, 5.41) is 8.13. The smallest absolute Gasteiger partial charge is 0.0521 e. The van der Waals surface area contributed by atoms with Gasteiger partial charge in [0.05, 0.1) is 6.20 Å². The van der Waals surface area contributed by atoms with Crippen LogP contribution in [0.5, 0.6) is 0 Å². The lowest BCUT2D eigenvalue weighted by molar-refractivity contribution is 0.273. The number of hydrogen-bond donors (Lipinski definition) is 1. The van der Waals surface area contributed by atoms with Crippen molar-refractivity contribution in [2.75, 3.05) is 6.54 Å². The van der Waals surface area contributed by atoms with Crippen molar-refractivity contribution in [1.82, 2.24) is 15.1 Å². The molecule has 0 aliphatic heterocycles. The van der Waals surface area contributed by atoms with E-state index in [4.69, 9.17) is 0 Å². The highest BCUT2D eigenvalue weighted by molar-refractivity contribution is 5.04. The van der Waals surface area contributed by atoms with Crippen LogP contribution >= 0.6 is 0 Å². The molecule has 0 amide bonds. The first-order valence-corrected chi connectivity index (χ1v) is 9.00. The molecule has 1 aliphatic rings. The van der Waals surface area contributed by atoms with Crippen molar-refractivity contribution < 1.29 is 0 Å². The van der Waals surface area contributed by atoms with Crippen LogP contribution in [0.1, 0.15) is 70.3 Å². The molecule has 1 aromatic heterocycles. The number of hydrogen-bond acceptors (Lipinski definition) is 2. The second-order valence-electron chi connectivity index (χ2n) is 6.73. The van der Waals surface area contributed by atoms with Crippen molar-refractivity contribution in [2.45, 2.75) is 77.2 Å². The predicted octanol–water partition coefficient (Wildman–Crippen LogP) is 4.08. The molecule has 1 atom stereocenters.